The van der Waals surface area contributed by atoms with Crippen LogP contribution in [0.15, 0.2) is 12.7 Å². The maximum absolute atomic E-state index is 10.8. The Bertz CT molecular complexity index is 176. The summed E-state index contributed by atoms with van der Waals surface area (Å²) in [5.41, 5.74) is -0.707. The molecule has 1 fully saturated rings. The Labute approximate surface area is 78.3 Å². The van der Waals surface area contributed by atoms with Crippen molar-refractivity contribution in [2.24, 2.45) is 0 Å². The molecule has 1 atom stereocenters. The summed E-state index contributed by atoms with van der Waals surface area (Å²) in [6.45, 7) is 4.35. The summed E-state index contributed by atoms with van der Waals surface area (Å²) in [6.07, 6.45) is 3.84. The highest BCUT2D eigenvalue weighted by atomic mass is 35.5. The van der Waals surface area contributed by atoms with Crippen LogP contribution in [0.25, 0.3) is 0 Å². The highest BCUT2D eigenvalue weighted by Crippen LogP contribution is 2.23. The Morgan fingerprint density at radius 3 is 2.75 bits per heavy atom. The van der Waals surface area contributed by atoms with E-state index in [-0.39, 0.29) is 12.4 Å². The van der Waals surface area contributed by atoms with Crippen molar-refractivity contribution >= 4 is 18.4 Å². The van der Waals surface area contributed by atoms with Crippen LogP contribution < -0.4 is 5.32 Å². The summed E-state index contributed by atoms with van der Waals surface area (Å²) < 4.78 is 0. The first-order valence-corrected chi connectivity index (χ1v) is 3.80. The number of carboxylic acids is 1. The first-order chi connectivity index (χ1) is 5.21. The molecule has 0 aromatic heterocycles. The molecule has 1 aliphatic rings. The molecule has 70 valence electrons. The predicted octanol–water partition coefficient (Wildman–Crippen LogP) is 1.19. The molecule has 2 N–H and O–H groups in total. The molecule has 1 saturated heterocycles. The molecule has 0 saturated carbocycles. The van der Waals surface area contributed by atoms with Crippen LogP contribution >= 0.6 is 12.4 Å². The van der Waals surface area contributed by atoms with Crippen molar-refractivity contribution < 1.29 is 9.90 Å². The standard InChI is InChI=1S/C8H13NO2.ClH/c1-2-4-8(7(10)11)5-3-6-9-8;/h2,9H,1,3-6H2,(H,10,11);1H/t8-;/m1./s1. The minimum atomic E-state index is -0.755. The molecule has 0 bridgehead atoms. The van der Waals surface area contributed by atoms with E-state index in [4.69, 9.17) is 5.11 Å². The molecule has 0 unspecified atom stereocenters. The molecule has 0 aliphatic carbocycles. The zero-order chi connectivity index (χ0) is 8.32. The first-order valence-electron chi connectivity index (χ1n) is 3.80. The normalized spacial score (nSPS) is 27.7. The van der Waals surface area contributed by atoms with Crippen molar-refractivity contribution in [2.75, 3.05) is 6.54 Å². The third kappa shape index (κ3) is 1.99. The van der Waals surface area contributed by atoms with Crippen LogP contribution in [-0.4, -0.2) is 23.2 Å². The minimum Gasteiger partial charge on any atom is -0.480 e. The average molecular weight is 192 g/mol. The van der Waals surface area contributed by atoms with Crippen LogP contribution in [-0.2, 0) is 4.79 Å². The second-order valence-electron chi connectivity index (χ2n) is 2.91. The number of carbonyl (C=O) groups is 1. The Kier molecular flexibility index (Phi) is 4.28. The molecule has 1 rings (SSSR count). The van der Waals surface area contributed by atoms with E-state index in [1.165, 1.54) is 0 Å². The van der Waals surface area contributed by atoms with Crippen LogP contribution in [0.2, 0.25) is 0 Å². The minimum absolute atomic E-state index is 0. The summed E-state index contributed by atoms with van der Waals surface area (Å²) >= 11 is 0. The monoisotopic (exact) mass is 191 g/mol. The van der Waals surface area contributed by atoms with Crippen molar-refractivity contribution in [3.63, 3.8) is 0 Å². The number of hydrogen-bond acceptors (Lipinski definition) is 2. The molecule has 0 spiro atoms. The summed E-state index contributed by atoms with van der Waals surface area (Å²) in [4.78, 5) is 10.8. The molecule has 1 aliphatic heterocycles. The van der Waals surface area contributed by atoms with Gasteiger partial charge in [0.25, 0.3) is 0 Å². The Morgan fingerprint density at radius 1 is 1.75 bits per heavy atom. The number of nitrogens with one attached hydrogen (secondary N) is 1. The largest absolute Gasteiger partial charge is 0.480 e. The Morgan fingerprint density at radius 2 is 2.42 bits per heavy atom. The van der Waals surface area contributed by atoms with Crippen molar-refractivity contribution in [1.82, 2.24) is 5.32 Å². The molecule has 1 heterocycles. The van der Waals surface area contributed by atoms with Gasteiger partial charge in [-0.15, -0.1) is 19.0 Å². The Balaban J connectivity index is 0.00000121. The van der Waals surface area contributed by atoms with Gasteiger partial charge in [-0.1, -0.05) is 6.08 Å². The van der Waals surface area contributed by atoms with Crippen LogP contribution in [0.5, 0.6) is 0 Å². The molecule has 0 aromatic carbocycles. The van der Waals surface area contributed by atoms with Crippen LogP contribution in [0.1, 0.15) is 19.3 Å². The maximum atomic E-state index is 10.8. The number of aliphatic carboxylic acids is 1. The molecule has 3 nitrogen and oxygen atoms in total. The summed E-state index contributed by atoms with van der Waals surface area (Å²) in [7, 11) is 0. The third-order valence-corrected chi connectivity index (χ3v) is 2.15. The number of hydrogen-bond donors (Lipinski definition) is 2. The van der Waals surface area contributed by atoms with Crippen molar-refractivity contribution in [2.45, 2.75) is 24.8 Å². The van der Waals surface area contributed by atoms with Gasteiger partial charge < -0.3 is 10.4 Å². The fourth-order valence-corrected chi connectivity index (χ4v) is 1.50. The SMILES string of the molecule is C=CC[C@]1(C(=O)O)CCCN1.Cl. The lowest BCUT2D eigenvalue weighted by molar-refractivity contribution is -0.144. The molecule has 12 heavy (non-hydrogen) atoms. The van der Waals surface area contributed by atoms with Crippen molar-refractivity contribution in [3.05, 3.63) is 12.7 Å². The molecule has 0 amide bonds. The van der Waals surface area contributed by atoms with E-state index in [9.17, 15) is 4.79 Å². The van der Waals surface area contributed by atoms with Gasteiger partial charge in [-0.3, -0.25) is 4.79 Å². The fourth-order valence-electron chi connectivity index (χ4n) is 1.50. The average Bonchev–Trinajstić information content (AvgIpc) is 2.38. The van der Waals surface area contributed by atoms with Gasteiger partial charge in [0, 0.05) is 0 Å². The topological polar surface area (TPSA) is 49.3 Å². The van der Waals surface area contributed by atoms with E-state index in [1.54, 1.807) is 6.08 Å². The van der Waals surface area contributed by atoms with E-state index in [1.807, 2.05) is 0 Å². The second kappa shape index (κ2) is 4.48. The maximum Gasteiger partial charge on any atom is 0.324 e. The van der Waals surface area contributed by atoms with Gasteiger partial charge in [0.1, 0.15) is 5.54 Å². The number of rotatable bonds is 3. The highest BCUT2D eigenvalue weighted by molar-refractivity contribution is 5.85. The zero-order valence-corrected chi connectivity index (χ0v) is 7.69. The van der Waals surface area contributed by atoms with Gasteiger partial charge >= 0.3 is 5.97 Å². The molecular weight excluding hydrogens is 178 g/mol. The predicted molar refractivity (Wildman–Crippen MR) is 49.7 cm³/mol. The van der Waals surface area contributed by atoms with E-state index < -0.39 is 11.5 Å². The first kappa shape index (κ1) is 11.5. The summed E-state index contributed by atoms with van der Waals surface area (Å²) in [5.74, 6) is -0.755. The van der Waals surface area contributed by atoms with Gasteiger partial charge in [-0.05, 0) is 25.8 Å². The van der Waals surface area contributed by atoms with Crippen LogP contribution in [0, 0.1) is 0 Å². The van der Waals surface area contributed by atoms with Gasteiger partial charge in [0.2, 0.25) is 0 Å². The smallest absolute Gasteiger partial charge is 0.324 e. The molecule has 0 aromatic rings. The Hall–Kier alpha value is -0.540. The van der Waals surface area contributed by atoms with E-state index in [2.05, 4.69) is 11.9 Å². The molecule has 0 radical (unpaired) electrons. The second-order valence-corrected chi connectivity index (χ2v) is 2.91. The van der Waals surface area contributed by atoms with Gasteiger partial charge in [0.05, 0.1) is 0 Å². The van der Waals surface area contributed by atoms with Crippen LogP contribution in [0.4, 0.5) is 0 Å². The van der Waals surface area contributed by atoms with E-state index >= 15 is 0 Å². The third-order valence-electron chi connectivity index (χ3n) is 2.15. The van der Waals surface area contributed by atoms with Crippen molar-refractivity contribution in [3.8, 4) is 0 Å². The summed E-state index contributed by atoms with van der Waals surface area (Å²) in [6, 6.07) is 0. The lowest BCUT2D eigenvalue weighted by atomic mass is 9.94. The summed E-state index contributed by atoms with van der Waals surface area (Å²) in [5, 5.41) is 11.9. The van der Waals surface area contributed by atoms with Crippen LogP contribution in [0.3, 0.4) is 0 Å². The molecular formula is C8H14ClNO2. The van der Waals surface area contributed by atoms with E-state index in [0.29, 0.717) is 12.8 Å². The lowest BCUT2D eigenvalue weighted by Gasteiger charge is -2.22. The number of carboxylic acid groups (broad SMARTS) is 1. The van der Waals surface area contributed by atoms with E-state index in [0.717, 1.165) is 13.0 Å². The van der Waals surface area contributed by atoms with Crippen molar-refractivity contribution in [1.29, 1.82) is 0 Å². The lowest BCUT2D eigenvalue weighted by Crippen LogP contribution is -2.46. The van der Waals surface area contributed by atoms with Gasteiger partial charge in [-0.2, -0.15) is 0 Å². The fraction of sp³-hybridized carbons (Fsp3) is 0.625. The number of halogens is 1. The van der Waals surface area contributed by atoms with Gasteiger partial charge in [0.15, 0.2) is 0 Å². The zero-order valence-electron chi connectivity index (χ0n) is 6.88. The quantitative estimate of drug-likeness (QED) is 0.659. The molecule has 4 heteroatoms. The highest BCUT2D eigenvalue weighted by Gasteiger charge is 2.39. The van der Waals surface area contributed by atoms with Gasteiger partial charge in [-0.25, -0.2) is 0 Å².